The molecule has 20 heavy (non-hydrogen) atoms. The number of rotatable bonds is 3. The Hall–Kier alpha value is -2.08. The second-order valence-corrected chi connectivity index (χ2v) is 5.26. The molecule has 0 bridgehead atoms. The molecule has 0 radical (unpaired) electrons. The van der Waals surface area contributed by atoms with Crippen molar-refractivity contribution in [3.05, 3.63) is 59.2 Å². The lowest BCUT2D eigenvalue weighted by atomic mass is 10.2. The van der Waals surface area contributed by atoms with E-state index in [2.05, 4.69) is 5.16 Å². The zero-order chi connectivity index (χ0) is 14.7. The highest BCUT2D eigenvalue weighted by Crippen LogP contribution is 2.33. The van der Waals surface area contributed by atoms with Gasteiger partial charge in [0.15, 0.2) is 5.84 Å². The summed E-state index contributed by atoms with van der Waals surface area (Å²) in [4.78, 5) is 0.615. The average Bonchev–Trinajstić information content (AvgIpc) is 2.42. The van der Waals surface area contributed by atoms with Gasteiger partial charge in [-0.05, 0) is 31.2 Å². The van der Waals surface area contributed by atoms with Gasteiger partial charge >= 0.3 is 0 Å². The number of halogens is 2. The fourth-order valence-electron chi connectivity index (χ4n) is 1.66. The Bertz CT molecular complexity index is 651. The molecule has 0 aromatic heterocycles. The minimum absolute atomic E-state index is 0.00362. The molecule has 0 unspecified atom stereocenters. The van der Waals surface area contributed by atoms with Crippen LogP contribution in [0.4, 0.5) is 8.78 Å². The molecule has 3 nitrogen and oxygen atoms in total. The van der Waals surface area contributed by atoms with Crippen molar-refractivity contribution in [1.82, 2.24) is 0 Å². The smallest absolute Gasteiger partial charge is 0.170 e. The first kappa shape index (κ1) is 14.3. The summed E-state index contributed by atoms with van der Waals surface area (Å²) in [5, 5.41) is 11.2. The minimum Gasteiger partial charge on any atom is -0.409 e. The first-order chi connectivity index (χ1) is 9.51. The molecule has 0 aliphatic rings. The quantitative estimate of drug-likeness (QED) is 0.394. The Morgan fingerprint density at radius 1 is 1.20 bits per heavy atom. The van der Waals surface area contributed by atoms with E-state index < -0.39 is 11.6 Å². The molecule has 2 rings (SSSR count). The van der Waals surface area contributed by atoms with E-state index in [1.54, 1.807) is 6.07 Å². The summed E-state index contributed by atoms with van der Waals surface area (Å²) in [6.07, 6.45) is 0. The Morgan fingerprint density at radius 2 is 1.85 bits per heavy atom. The molecule has 2 aromatic rings. The van der Waals surface area contributed by atoms with Crippen molar-refractivity contribution in [3.8, 4) is 0 Å². The van der Waals surface area contributed by atoms with Crippen LogP contribution in [0.5, 0.6) is 0 Å². The topological polar surface area (TPSA) is 58.6 Å². The summed E-state index contributed by atoms with van der Waals surface area (Å²) >= 11 is 0.990. The molecule has 0 fully saturated rings. The molecule has 0 aliphatic heterocycles. The van der Waals surface area contributed by atoms with Gasteiger partial charge in [-0.3, -0.25) is 0 Å². The molecular formula is C14H12F2N2OS. The number of nitrogens with two attached hydrogens (primary N) is 1. The van der Waals surface area contributed by atoms with E-state index in [9.17, 15) is 8.78 Å². The lowest BCUT2D eigenvalue weighted by Crippen LogP contribution is -2.14. The number of hydrogen-bond acceptors (Lipinski definition) is 3. The highest BCUT2D eigenvalue weighted by molar-refractivity contribution is 7.99. The van der Waals surface area contributed by atoms with Crippen LogP contribution in [0.2, 0.25) is 0 Å². The molecule has 6 heteroatoms. The van der Waals surface area contributed by atoms with Gasteiger partial charge in [-0.15, -0.1) is 0 Å². The average molecular weight is 294 g/mol. The maximum absolute atomic E-state index is 13.9. The van der Waals surface area contributed by atoms with E-state index in [4.69, 9.17) is 10.9 Å². The van der Waals surface area contributed by atoms with E-state index in [0.717, 1.165) is 34.4 Å². The van der Waals surface area contributed by atoms with E-state index in [0.29, 0.717) is 0 Å². The summed E-state index contributed by atoms with van der Waals surface area (Å²) in [5.74, 6) is -1.84. The van der Waals surface area contributed by atoms with Crippen LogP contribution in [-0.4, -0.2) is 11.0 Å². The number of aryl methyl sites for hydroxylation is 1. The third-order valence-corrected chi connectivity index (χ3v) is 3.70. The maximum atomic E-state index is 13.9. The zero-order valence-corrected chi connectivity index (χ0v) is 11.4. The Kier molecular flexibility index (Phi) is 4.24. The van der Waals surface area contributed by atoms with E-state index in [1.165, 1.54) is 0 Å². The van der Waals surface area contributed by atoms with Crippen LogP contribution in [0.3, 0.4) is 0 Å². The predicted molar refractivity (Wildman–Crippen MR) is 74.2 cm³/mol. The molecule has 3 N–H and O–H groups in total. The van der Waals surface area contributed by atoms with Crippen molar-refractivity contribution in [3.63, 3.8) is 0 Å². The van der Waals surface area contributed by atoms with Crippen molar-refractivity contribution >= 4 is 17.6 Å². The number of amidine groups is 1. The van der Waals surface area contributed by atoms with Gasteiger partial charge in [-0.2, -0.15) is 0 Å². The van der Waals surface area contributed by atoms with Crippen LogP contribution < -0.4 is 5.73 Å². The molecule has 0 saturated carbocycles. The first-order valence-electron chi connectivity index (χ1n) is 5.72. The molecule has 0 saturated heterocycles. The van der Waals surface area contributed by atoms with Crippen molar-refractivity contribution in [2.45, 2.75) is 16.7 Å². The van der Waals surface area contributed by atoms with Crippen LogP contribution >= 0.6 is 11.8 Å². The zero-order valence-electron chi connectivity index (χ0n) is 10.6. The number of benzene rings is 2. The molecular weight excluding hydrogens is 282 g/mol. The molecule has 0 spiro atoms. The standard InChI is InChI=1S/C14H12F2N2OS/c1-8-3-2-4-10(5-8)20-13-11(15)6-9(7-12(13)16)14(17)18-19/h2-7,19H,1H3,(H2,17,18). The van der Waals surface area contributed by atoms with Gasteiger partial charge in [-0.25, -0.2) is 8.78 Å². The molecule has 0 aliphatic carbocycles. The lowest BCUT2D eigenvalue weighted by molar-refractivity contribution is 0.318. The minimum atomic E-state index is -0.752. The first-order valence-corrected chi connectivity index (χ1v) is 6.54. The maximum Gasteiger partial charge on any atom is 0.170 e. The SMILES string of the molecule is Cc1cccc(Sc2c(F)cc(/C(N)=N/O)cc2F)c1. The van der Waals surface area contributed by atoms with E-state index >= 15 is 0 Å². The summed E-state index contributed by atoms with van der Waals surface area (Å²) in [5.41, 5.74) is 6.31. The fourth-order valence-corrected chi connectivity index (χ4v) is 2.60. The summed E-state index contributed by atoms with van der Waals surface area (Å²) in [6, 6.07) is 9.40. The molecule has 104 valence electrons. The number of nitrogens with zero attached hydrogens (tertiary/aromatic N) is 1. The Labute approximate surface area is 119 Å². The largest absolute Gasteiger partial charge is 0.409 e. The molecule has 0 amide bonds. The molecule has 0 atom stereocenters. The van der Waals surface area contributed by atoms with Crippen LogP contribution in [0, 0.1) is 18.6 Å². The van der Waals surface area contributed by atoms with Gasteiger partial charge in [0.25, 0.3) is 0 Å². The van der Waals surface area contributed by atoms with Crippen LogP contribution in [0.15, 0.2) is 51.3 Å². The fraction of sp³-hybridized carbons (Fsp3) is 0.0714. The number of hydrogen-bond donors (Lipinski definition) is 2. The Morgan fingerprint density at radius 3 is 2.40 bits per heavy atom. The van der Waals surface area contributed by atoms with Gasteiger partial charge in [0.1, 0.15) is 11.6 Å². The molecule has 0 heterocycles. The third kappa shape index (κ3) is 3.08. The number of oxime groups is 1. The third-order valence-electron chi connectivity index (χ3n) is 2.61. The highest BCUT2D eigenvalue weighted by Gasteiger charge is 2.14. The van der Waals surface area contributed by atoms with E-state index in [-0.39, 0.29) is 16.3 Å². The van der Waals surface area contributed by atoms with Gasteiger partial charge in [0.05, 0.1) is 4.90 Å². The lowest BCUT2D eigenvalue weighted by Gasteiger charge is -2.07. The normalized spacial score (nSPS) is 11.7. The van der Waals surface area contributed by atoms with Gasteiger partial charge in [0.2, 0.25) is 0 Å². The summed E-state index contributed by atoms with van der Waals surface area (Å²) in [6.45, 7) is 1.90. The monoisotopic (exact) mass is 294 g/mol. The van der Waals surface area contributed by atoms with Crippen molar-refractivity contribution in [1.29, 1.82) is 0 Å². The second-order valence-electron chi connectivity index (χ2n) is 4.17. The highest BCUT2D eigenvalue weighted by atomic mass is 32.2. The van der Waals surface area contributed by atoms with Crippen LogP contribution in [-0.2, 0) is 0 Å². The van der Waals surface area contributed by atoms with Crippen LogP contribution in [0.25, 0.3) is 0 Å². The summed E-state index contributed by atoms with van der Waals surface area (Å²) < 4.78 is 27.9. The molecule has 2 aromatic carbocycles. The van der Waals surface area contributed by atoms with Crippen molar-refractivity contribution < 1.29 is 14.0 Å². The van der Waals surface area contributed by atoms with Crippen molar-refractivity contribution in [2.75, 3.05) is 0 Å². The van der Waals surface area contributed by atoms with Crippen LogP contribution in [0.1, 0.15) is 11.1 Å². The van der Waals surface area contributed by atoms with E-state index in [1.807, 2.05) is 25.1 Å². The Balaban J connectivity index is 2.38. The van der Waals surface area contributed by atoms with Gasteiger partial charge in [-0.1, -0.05) is 34.6 Å². The van der Waals surface area contributed by atoms with Gasteiger partial charge in [0, 0.05) is 10.5 Å². The predicted octanol–water partition coefficient (Wildman–Crippen LogP) is 3.52. The van der Waals surface area contributed by atoms with Gasteiger partial charge < -0.3 is 10.9 Å². The summed E-state index contributed by atoms with van der Waals surface area (Å²) in [7, 11) is 0. The second kappa shape index (κ2) is 5.92. The van der Waals surface area contributed by atoms with Crippen molar-refractivity contribution in [2.24, 2.45) is 10.9 Å².